The quantitative estimate of drug-likeness (QED) is 0.672. The second-order valence-electron chi connectivity index (χ2n) is 8.99. The summed E-state index contributed by atoms with van der Waals surface area (Å²) in [4.78, 5) is 2.23. The van der Waals surface area contributed by atoms with Gasteiger partial charge in [0.2, 0.25) is 0 Å². The van der Waals surface area contributed by atoms with Crippen LogP contribution in [0, 0.1) is 5.41 Å². The number of hydrogen-bond acceptors (Lipinski definition) is 5. The molecule has 0 aliphatic heterocycles. The minimum atomic E-state index is 0.145. The van der Waals surface area contributed by atoms with Crippen molar-refractivity contribution in [3.05, 3.63) is 42.0 Å². The second-order valence-corrected chi connectivity index (χ2v) is 8.99. The van der Waals surface area contributed by atoms with E-state index < -0.39 is 0 Å². The lowest BCUT2D eigenvalue weighted by Gasteiger charge is -2.31. The van der Waals surface area contributed by atoms with Crippen molar-refractivity contribution in [2.75, 3.05) is 32.5 Å². The molecule has 1 N–H and O–H groups in total. The largest absolute Gasteiger partial charge is 0.368 e. The van der Waals surface area contributed by atoms with Crippen LogP contribution in [0.3, 0.4) is 0 Å². The van der Waals surface area contributed by atoms with E-state index in [1.807, 2.05) is 34.8 Å². The second kappa shape index (κ2) is 7.51. The zero-order chi connectivity index (χ0) is 19.7. The number of rotatable bonds is 7. The van der Waals surface area contributed by atoms with Crippen LogP contribution in [0.2, 0.25) is 0 Å². The standard InChI is InChI=1S/C22H30N6/c1-22(2,15-27(3)4)14-23-20-18(16-11-8-12-16)13-19-24-25-21(28(19)26-20)17-9-6-5-7-10-17/h5-7,9-10,13,16H,8,11-12,14-15H2,1-4H3,(H,23,26). The molecule has 0 radical (unpaired) electrons. The molecule has 0 atom stereocenters. The highest BCUT2D eigenvalue weighted by Crippen LogP contribution is 2.40. The number of benzene rings is 1. The molecule has 1 fully saturated rings. The van der Waals surface area contributed by atoms with Gasteiger partial charge in [-0.3, -0.25) is 0 Å². The molecule has 2 heterocycles. The van der Waals surface area contributed by atoms with E-state index in [1.165, 1.54) is 24.8 Å². The van der Waals surface area contributed by atoms with E-state index in [9.17, 15) is 0 Å². The fraction of sp³-hybridized carbons (Fsp3) is 0.500. The Hall–Kier alpha value is -2.47. The summed E-state index contributed by atoms with van der Waals surface area (Å²) in [6.45, 7) is 6.46. The maximum Gasteiger partial charge on any atom is 0.185 e. The SMILES string of the molecule is CN(C)CC(C)(C)CNc1nn2c(-c3ccccc3)nnc2cc1C1CCC1. The first-order chi connectivity index (χ1) is 13.4. The van der Waals surface area contributed by atoms with Gasteiger partial charge in [0.05, 0.1) is 0 Å². The van der Waals surface area contributed by atoms with Crippen molar-refractivity contribution in [2.45, 2.75) is 39.0 Å². The van der Waals surface area contributed by atoms with Crippen molar-refractivity contribution in [1.29, 1.82) is 0 Å². The van der Waals surface area contributed by atoms with Crippen LogP contribution in [0.5, 0.6) is 0 Å². The Labute approximate surface area is 167 Å². The van der Waals surface area contributed by atoms with Crippen molar-refractivity contribution >= 4 is 11.5 Å². The molecule has 0 saturated heterocycles. The molecule has 4 rings (SSSR count). The highest BCUT2D eigenvalue weighted by Gasteiger charge is 2.26. The first kappa shape index (κ1) is 18.9. The van der Waals surface area contributed by atoms with Crippen LogP contribution in [-0.4, -0.2) is 51.9 Å². The Morgan fingerprint density at radius 2 is 1.89 bits per heavy atom. The van der Waals surface area contributed by atoms with Crippen molar-refractivity contribution in [1.82, 2.24) is 24.7 Å². The molecule has 0 unspecified atom stereocenters. The number of fused-ring (bicyclic) bond motifs is 1. The third kappa shape index (κ3) is 3.87. The van der Waals surface area contributed by atoms with Crippen LogP contribution in [0.15, 0.2) is 36.4 Å². The third-order valence-corrected chi connectivity index (χ3v) is 5.48. The van der Waals surface area contributed by atoms with Crippen molar-refractivity contribution in [3.8, 4) is 11.4 Å². The zero-order valence-corrected chi connectivity index (χ0v) is 17.3. The minimum absolute atomic E-state index is 0.145. The maximum atomic E-state index is 4.96. The Balaban J connectivity index is 1.70. The maximum absolute atomic E-state index is 4.96. The Morgan fingerprint density at radius 1 is 1.14 bits per heavy atom. The number of hydrogen-bond donors (Lipinski definition) is 1. The lowest BCUT2D eigenvalue weighted by Crippen LogP contribution is -2.35. The van der Waals surface area contributed by atoms with Crippen LogP contribution in [0.25, 0.3) is 17.0 Å². The van der Waals surface area contributed by atoms with Gasteiger partial charge in [0.1, 0.15) is 0 Å². The average Bonchev–Trinajstić information content (AvgIpc) is 3.01. The minimum Gasteiger partial charge on any atom is -0.368 e. The van der Waals surface area contributed by atoms with E-state index in [4.69, 9.17) is 5.10 Å². The molecule has 3 aromatic rings. The molecule has 28 heavy (non-hydrogen) atoms. The smallest absolute Gasteiger partial charge is 0.185 e. The molecule has 1 aliphatic rings. The fourth-order valence-corrected chi connectivity index (χ4v) is 4.02. The predicted molar refractivity (Wildman–Crippen MR) is 114 cm³/mol. The van der Waals surface area contributed by atoms with Gasteiger partial charge in [0.15, 0.2) is 17.3 Å². The van der Waals surface area contributed by atoms with E-state index in [0.29, 0.717) is 5.92 Å². The normalized spacial score (nSPS) is 15.2. The Bertz CT molecular complexity index is 940. The molecule has 1 aromatic carbocycles. The first-order valence-corrected chi connectivity index (χ1v) is 10.1. The summed E-state index contributed by atoms with van der Waals surface area (Å²) in [6, 6.07) is 12.3. The van der Waals surface area contributed by atoms with Gasteiger partial charge in [-0.2, -0.15) is 4.52 Å². The number of nitrogens with one attached hydrogen (secondary N) is 1. The zero-order valence-electron chi connectivity index (χ0n) is 17.3. The van der Waals surface area contributed by atoms with Crippen LogP contribution in [0.4, 0.5) is 5.82 Å². The van der Waals surface area contributed by atoms with Gasteiger partial charge in [-0.15, -0.1) is 15.3 Å². The van der Waals surface area contributed by atoms with Gasteiger partial charge in [0, 0.05) is 24.2 Å². The summed E-state index contributed by atoms with van der Waals surface area (Å²) in [5.74, 6) is 2.33. The monoisotopic (exact) mass is 378 g/mol. The van der Waals surface area contributed by atoms with Gasteiger partial charge in [-0.25, -0.2) is 0 Å². The van der Waals surface area contributed by atoms with Gasteiger partial charge < -0.3 is 10.2 Å². The molecule has 148 valence electrons. The highest BCUT2D eigenvalue weighted by molar-refractivity contribution is 5.61. The summed E-state index contributed by atoms with van der Waals surface area (Å²) in [6.07, 6.45) is 3.75. The first-order valence-electron chi connectivity index (χ1n) is 10.1. The third-order valence-electron chi connectivity index (χ3n) is 5.48. The van der Waals surface area contributed by atoms with Gasteiger partial charge >= 0.3 is 0 Å². The van der Waals surface area contributed by atoms with E-state index in [1.54, 1.807) is 0 Å². The summed E-state index contributed by atoms with van der Waals surface area (Å²) < 4.78 is 1.87. The van der Waals surface area contributed by atoms with Crippen LogP contribution < -0.4 is 5.32 Å². The van der Waals surface area contributed by atoms with Crippen LogP contribution in [-0.2, 0) is 0 Å². The van der Waals surface area contributed by atoms with Gasteiger partial charge in [-0.05, 0) is 44.3 Å². The number of anilines is 1. The lowest BCUT2D eigenvalue weighted by atomic mass is 9.80. The van der Waals surface area contributed by atoms with Crippen molar-refractivity contribution < 1.29 is 0 Å². The summed E-state index contributed by atoms with van der Waals surface area (Å²) in [7, 11) is 4.24. The highest BCUT2D eigenvalue weighted by atomic mass is 15.4. The molecule has 0 amide bonds. The van der Waals surface area contributed by atoms with Gasteiger partial charge in [-0.1, -0.05) is 50.6 Å². The molecular formula is C22H30N6. The summed E-state index contributed by atoms with van der Waals surface area (Å²) in [5.41, 5.74) is 3.27. The van der Waals surface area contributed by atoms with E-state index in [-0.39, 0.29) is 5.41 Å². The van der Waals surface area contributed by atoms with E-state index in [0.717, 1.165) is 35.9 Å². The van der Waals surface area contributed by atoms with Crippen LogP contribution in [0.1, 0.15) is 44.6 Å². The molecule has 0 bridgehead atoms. The molecule has 1 saturated carbocycles. The molecule has 6 heteroatoms. The van der Waals surface area contributed by atoms with E-state index >= 15 is 0 Å². The Morgan fingerprint density at radius 3 is 2.54 bits per heavy atom. The summed E-state index contributed by atoms with van der Waals surface area (Å²) >= 11 is 0. The molecule has 2 aromatic heterocycles. The topological polar surface area (TPSA) is 58.4 Å². The number of nitrogens with zero attached hydrogens (tertiary/aromatic N) is 5. The lowest BCUT2D eigenvalue weighted by molar-refractivity contribution is 0.254. The Kier molecular flexibility index (Phi) is 5.06. The molecule has 0 spiro atoms. The predicted octanol–water partition coefficient (Wildman–Crippen LogP) is 4.06. The van der Waals surface area contributed by atoms with Gasteiger partial charge in [0.25, 0.3) is 0 Å². The summed E-state index contributed by atoms with van der Waals surface area (Å²) in [5, 5.41) is 17.4. The average molecular weight is 379 g/mol. The molecule has 1 aliphatic carbocycles. The number of aromatic nitrogens is 4. The van der Waals surface area contributed by atoms with E-state index in [2.05, 4.69) is 54.4 Å². The molecule has 6 nitrogen and oxygen atoms in total. The fourth-order valence-electron chi connectivity index (χ4n) is 4.02. The molecular weight excluding hydrogens is 348 g/mol. The van der Waals surface area contributed by atoms with Crippen molar-refractivity contribution in [3.63, 3.8) is 0 Å². The van der Waals surface area contributed by atoms with Crippen LogP contribution >= 0.6 is 0 Å². The van der Waals surface area contributed by atoms with Crippen molar-refractivity contribution in [2.24, 2.45) is 5.41 Å².